The average Bonchev–Trinajstić information content (AvgIpc) is 2.81. The smallest absolute Gasteiger partial charge is 0.0492 e. The van der Waals surface area contributed by atoms with Crippen LogP contribution < -0.4 is 5.73 Å². The van der Waals surface area contributed by atoms with Crippen LogP contribution in [0.25, 0.3) is 0 Å². The number of hydrogen-bond donors (Lipinski definition) is 1. The fourth-order valence-electron chi connectivity index (χ4n) is 2.12. The predicted octanol–water partition coefficient (Wildman–Crippen LogP) is 2.31. The molecule has 0 aliphatic rings. The summed E-state index contributed by atoms with van der Waals surface area (Å²) in [7, 11) is 1.98. The van der Waals surface area contributed by atoms with Crippen LogP contribution in [0.5, 0.6) is 0 Å². The van der Waals surface area contributed by atoms with Crippen molar-refractivity contribution in [2.24, 2.45) is 12.8 Å². The maximum absolute atomic E-state index is 6.16. The number of hydrogen-bond acceptors (Lipinski definition) is 2. The minimum Gasteiger partial charge on any atom is -0.328 e. The standard InChI is InChI=1S/C15H21N3/c1-18-15(11-12-17-18)10-9-14(16)8-7-13-5-3-2-4-6-13/h2-6,11-12,14H,7-10,16H2,1H3. The molecule has 1 aromatic carbocycles. The van der Waals surface area contributed by atoms with Gasteiger partial charge in [-0.3, -0.25) is 4.68 Å². The summed E-state index contributed by atoms with van der Waals surface area (Å²) in [5.74, 6) is 0. The van der Waals surface area contributed by atoms with Crippen LogP contribution in [0.2, 0.25) is 0 Å². The molecule has 2 aromatic rings. The van der Waals surface area contributed by atoms with Crippen molar-refractivity contribution >= 4 is 0 Å². The molecule has 1 unspecified atom stereocenters. The largest absolute Gasteiger partial charge is 0.328 e. The first-order valence-electron chi connectivity index (χ1n) is 6.52. The summed E-state index contributed by atoms with van der Waals surface area (Å²) in [6.45, 7) is 0. The van der Waals surface area contributed by atoms with Gasteiger partial charge >= 0.3 is 0 Å². The van der Waals surface area contributed by atoms with Gasteiger partial charge in [0.15, 0.2) is 0 Å². The monoisotopic (exact) mass is 243 g/mol. The summed E-state index contributed by atoms with van der Waals surface area (Å²) in [5, 5.41) is 4.16. The van der Waals surface area contributed by atoms with Gasteiger partial charge in [0.2, 0.25) is 0 Å². The van der Waals surface area contributed by atoms with Crippen molar-refractivity contribution in [3.05, 3.63) is 53.9 Å². The van der Waals surface area contributed by atoms with Gasteiger partial charge < -0.3 is 5.73 Å². The molecule has 1 atom stereocenters. The van der Waals surface area contributed by atoms with Gasteiger partial charge in [-0.05, 0) is 37.3 Å². The lowest BCUT2D eigenvalue weighted by molar-refractivity contribution is 0.553. The lowest BCUT2D eigenvalue weighted by Crippen LogP contribution is -2.21. The molecule has 0 spiro atoms. The van der Waals surface area contributed by atoms with Gasteiger partial charge in [0.25, 0.3) is 0 Å². The molecule has 2 N–H and O–H groups in total. The molecule has 2 rings (SSSR count). The average molecular weight is 243 g/mol. The summed E-state index contributed by atoms with van der Waals surface area (Å²) in [6.07, 6.45) is 5.97. The van der Waals surface area contributed by atoms with Crippen molar-refractivity contribution in [2.75, 3.05) is 0 Å². The quantitative estimate of drug-likeness (QED) is 0.846. The molecule has 3 heteroatoms. The van der Waals surface area contributed by atoms with E-state index in [0.717, 1.165) is 25.7 Å². The molecule has 0 saturated heterocycles. The summed E-state index contributed by atoms with van der Waals surface area (Å²) in [5.41, 5.74) is 8.78. The van der Waals surface area contributed by atoms with Gasteiger partial charge in [-0.1, -0.05) is 30.3 Å². The van der Waals surface area contributed by atoms with E-state index < -0.39 is 0 Å². The minimum atomic E-state index is 0.264. The highest BCUT2D eigenvalue weighted by atomic mass is 15.2. The van der Waals surface area contributed by atoms with E-state index in [1.165, 1.54) is 11.3 Å². The van der Waals surface area contributed by atoms with Crippen LogP contribution in [-0.2, 0) is 19.9 Å². The molecule has 0 fully saturated rings. The Balaban J connectivity index is 1.73. The Morgan fingerprint density at radius 1 is 1.11 bits per heavy atom. The molecule has 18 heavy (non-hydrogen) atoms. The molecule has 0 bridgehead atoms. The topological polar surface area (TPSA) is 43.8 Å². The number of nitrogens with two attached hydrogens (primary N) is 1. The number of nitrogens with zero attached hydrogens (tertiary/aromatic N) is 2. The van der Waals surface area contributed by atoms with Crippen LogP contribution >= 0.6 is 0 Å². The van der Waals surface area contributed by atoms with Crippen LogP contribution in [0.3, 0.4) is 0 Å². The molecule has 0 aliphatic carbocycles. The second-order valence-corrected chi connectivity index (χ2v) is 4.77. The predicted molar refractivity (Wildman–Crippen MR) is 74.3 cm³/mol. The maximum atomic E-state index is 6.16. The van der Waals surface area contributed by atoms with E-state index >= 15 is 0 Å². The first-order chi connectivity index (χ1) is 8.75. The van der Waals surface area contributed by atoms with Gasteiger partial charge in [0, 0.05) is 25.0 Å². The van der Waals surface area contributed by atoms with E-state index in [0.29, 0.717) is 0 Å². The van der Waals surface area contributed by atoms with Crippen molar-refractivity contribution in [1.29, 1.82) is 0 Å². The second-order valence-electron chi connectivity index (χ2n) is 4.77. The zero-order valence-electron chi connectivity index (χ0n) is 10.9. The van der Waals surface area contributed by atoms with Crippen LogP contribution in [0.15, 0.2) is 42.6 Å². The second kappa shape index (κ2) is 6.36. The molecule has 1 heterocycles. The molecule has 1 aromatic heterocycles. The van der Waals surface area contributed by atoms with Crippen molar-refractivity contribution in [1.82, 2.24) is 9.78 Å². The molecule has 96 valence electrons. The van der Waals surface area contributed by atoms with Gasteiger partial charge in [0.1, 0.15) is 0 Å². The van der Waals surface area contributed by atoms with Gasteiger partial charge in [-0.15, -0.1) is 0 Å². The third-order valence-electron chi connectivity index (χ3n) is 3.34. The van der Waals surface area contributed by atoms with E-state index in [1.807, 2.05) is 24.0 Å². The van der Waals surface area contributed by atoms with Crippen LogP contribution in [0, 0.1) is 0 Å². The van der Waals surface area contributed by atoms with Crippen LogP contribution in [0.1, 0.15) is 24.1 Å². The third-order valence-corrected chi connectivity index (χ3v) is 3.34. The summed E-state index contributed by atoms with van der Waals surface area (Å²) in [6, 6.07) is 12.9. The Bertz CT molecular complexity index is 462. The Morgan fingerprint density at radius 3 is 2.50 bits per heavy atom. The maximum Gasteiger partial charge on any atom is 0.0492 e. The van der Waals surface area contributed by atoms with Crippen LogP contribution in [0.4, 0.5) is 0 Å². The summed E-state index contributed by atoms with van der Waals surface area (Å²) >= 11 is 0. The Labute approximate surface area is 109 Å². The molecule has 0 saturated carbocycles. The van der Waals surface area contributed by atoms with Crippen molar-refractivity contribution in [3.8, 4) is 0 Å². The normalized spacial score (nSPS) is 12.6. The Morgan fingerprint density at radius 2 is 1.83 bits per heavy atom. The first kappa shape index (κ1) is 12.8. The van der Waals surface area contributed by atoms with E-state index in [1.54, 1.807) is 0 Å². The lowest BCUT2D eigenvalue weighted by atomic mass is 10.0. The third kappa shape index (κ3) is 3.70. The Kier molecular flexibility index (Phi) is 4.53. The fraction of sp³-hybridized carbons (Fsp3) is 0.400. The highest BCUT2D eigenvalue weighted by Gasteiger charge is 2.05. The zero-order chi connectivity index (χ0) is 12.8. The summed E-state index contributed by atoms with van der Waals surface area (Å²) in [4.78, 5) is 0. The summed E-state index contributed by atoms with van der Waals surface area (Å²) < 4.78 is 1.92. The fourth-order valence-corrected chi connectivity index (χ4v) is 2.12. The minimum absolute atomic E-state index is 0.264. The highest BCUT2D eigenvalue weighted by Crippen LogP contribution is 2.08. The van der Waals surface area contributed by atoms with Crippen LogP contribution in [-0.4, -0.2) is 15.8 Å². The first-order valence-corrected chi connectivity index (χ1v) is 6.52. The van der Waals surface area contributed by atoms with Gasteiger partial charge in [-0.25, -0.2) is 0 Å². The molecule has 0 aliphatic heterocycles. The lowest BCUT2D eigenvalue weighted by Gasteiger charge is -2.11. The van der Waals surface area contributed by atoms with E-state index in [4.69, 9.17) is 5.73 Å². The van der Waals surface area contributed by atoms with E-state index in [9.17, 15) is 0 Å². The number of benzene rings is 1. The van der Waals surface area contributed by atoms with Crippen molar-refractivity contribution in [3.63, 3.8) is 0 Å². The Hall–Kier alpha value is -1.61. The highest BCUT2D eigenvalue weighted by molar-refractivity contribution is 5.14. The number of rotatable bonds is 6. The van der Waals surface area contributed by atoms with Gasteiger partial charge in [-0.2, -0.15) is 5.10 Å². The molecular formula is C15H21N3. The SMILES string of the molecule is Cn1nccc1CCC(N)CCc1ccccc1. The van der Waals surface area contributed by atoms with E-state index in [2.05, 4.69) is 35.4 Å². The van der Waals surface area contributed by atoms with E-state index in [-0.39, 0.29) is 6.04 Å². The molecule has 3 nitrogen and oxygen atoms in total. The number of aryl methyl sites for hydroxylation is 3. The number of aromatic nitrogens is 2. The van der Waals surface area contributed by atoms with Crippen molar-refractivity contribution in [2.45, 2.75) is 31.7 Å². The van der Waals surface area contributed by atoms with Gasteiger partial charge in [0.05, 0.1) is 0 Å². The van der Waals surface area contributed by atoms with Crippen molar-refractivity contribution < 1.29 is 0 Å². The zero-order valence-corrected chi connectivity index (χ0v) is 10.9. The molecule has 0 amide bonds. The molecule has 0 radical (unpaired) electrons. The molecular weight excluding hydrogens is 222 g/mol.